The van der Waals surface area contributed by atoms with Crippen molar-refractivity contribution in [2.45, 2.75) is 51.2 Å². The van der Waals surface area contributed by atoms with Gasteiger partial charge in [-0.15, -0.1) is 4.91 Å². The van der Waals surface area contributed by atoms with Crippen LogP contribution in [0.4, 0.5) is 0 Å². The summed E-state index contributed by atoms with van der Waals surface area (Å²) in [6.45, 7) is 6.65. The molecule has 2 saturated carbocycles. The highest BCUT2D eigenvalue weighted by Gasteiger charge is 2.69. The predicted octanol–water partition coefficient (Wildman–Crippen LogP) is 3.90. The van der Waals surface area contributed by atoms with E-state index in [1.54, 1.807) is 0 Å². The Morgan fingerprint density at radius 1 is 1.50 bits per heavy atom. The Kier molecular flexibility index (Phi) is 2.58. The summed E-state index contributed by atoms with van der Waals surface area (Å²) in [5.74, 6) is 0.639. The first-order valence-electron chi connectivity index (χ1n) is 5.81. The van der Waals surface area contributed by atoms with Gasteiger partial charge in [0.1, 0.15) is 0 Å². The highest BCUT2D eigenvalue weighted by atomic mass is 32.2. The Morgan fingerprint density at radius 3 is 2.62 bits per heavy atom. The fraction of sp³-hybridized carbons (Fsp3) is 0.917. The minimum atomic E-state index is -0.278. The van der Waals surface area contributed by atoms with Gasteiger partial charge in [-0.25, -0.2) is 0 Å². The maximum atomic E-state index is 10.8. The summed E-state index contributed by atoms with van der Waals surface area (Å²) in [5.41, 5.74) is 0.143. The Hall–Kier alpha value is -0.560. The van der Waals surface area contributed by atoms with Crippen LogP contribution in [0.3, 0.4) is 0 Å². The zero-order valence-electron chi connectivity index (χ0n) is 10.1. The van der Waals surface area contributed by atoms with E-state index in [2.05, 4.69) is 31.4 Å². The van der Waals surface area contributed by atoms with Gasteiger partial charge >= 0.3 is 0 Å². The second-order valence-electron chi connectivity index (χ2n) is 6.05. The first-order valence-corrected chi connectivity index (χ1v) is 6.59. The van der Waals surface area contributed by atoms with Crippen molar-refractivity contribution in [2.75, 3.05) is 0 Å². The van der Waals surface area contributed by atoms with Crippen LogP contribution in [0.5, 0.6) is 0 Å². The van der Waals surface area contributed by atoms with Crippen molar-refractivity contribution in [3.8, 4) is 6.07 Å². The van der Waals surface area contributed by atoms with Crippen LogP contribution in [0.25, 0.3) is 0 Å². The lowest BCUT2D eigenvalue weighted by atomic mass is 9.62. The second-order valence-corrected chi connectivity index (χ2v) is 7.08. The summed E-state index contributed by atoms with van der Waals surface area (Å²) < 4.78 is 2.81. The molecule has 0 aromatic rings. The summed E-state index contributed by atoms with van der Waals surface area (Å²) in [7, 11) is 0. The normalized spacial score (nSPS) is 44.2. The van der Waals surface area contributed by atoms with Crippen molar-refractivity contribution in [1.29, 1.82) is 5.26 Å². The first-order chi connectivity index (χ1) is 7.43. The smallest absolute Gasteiger partial charge is 0.0648 e. The molecule has 0 N–H and O–H groups in total. The lowest BCUT2D eigenvalue weighted by molar-refractivity contribution is 0.112. The molecule has 0 saturated heterocycles. The van der Waals surface area contributed by atoms with Gasteiger partial charge in [0, 0.05) is 16.5 Å². The van der Waals surface area contributed by atoms with Gasteiger partial charge in [-0.3, -0.25) is 0 Å². The molecule has 0 aromatic carbocycles. The molecule has 0 spiro atoms. The summed E-state index contributed by atoms with van der Waals surface area (Å²) in [5, 5.41) is 9.09. The molecule has 2 fully saturated rings. The molecule has 3 unspecified atom stereocenters. The number of nitroso groups, excluding NO2 is 1. The quantitative estimate of drug-likeness (QED) is 0.553. The highest BCUT2D eigenvalue weighted by molar-refractivity contribution is 7.99. The fourth-order valence-corrected chi connectivity index (χ4v) is 5.27. The number of fused-ring (bicyclic) bond motifs is 2. The zero-order valence-corrected chi connectivity index (χ0v) is 10.9. The first kappa shape index (κ1) is 11.9. The van der Waals surface area contributed by atoms with Gasteiger partial charge in [-0.05, 0) is 36.0 Å². The van der Waals surface area contributed by atoms with E-state index in [-0.39, 0.29) is 15.6 Å². The van der Waals surface area contributed by atoms with Gasteiger partial charge in [-0.1, -0.05) is 20.8 Å². The third kappa shape index (κ3) is 1.15. The number of hydrogen-bond donors (Lipinski definition) is 0. The van der Waals surface area contributed by atoms with Crippen molar-refractivity contribution in [1.82, 2.24) is 0 Å². The average Bonchev–Trinajstić information content (AvgIpc) is 2.66. The van der Waals surface area contributed by atoms with Crippen LogP contribution in [0.1, 0.15) is 46.5 Å². The molecule has 0 aromatic heterocycles. The van der Waals surface area contributed by atoms with Crippen LogP contribution in [-0.2, 0) is 0 Å². The van der Waals surface area contributed by atoms with E-state index in [9.17, 15) is 4.91 Å². The van der Waals surface area contributed by atoms with Gasteiger partial charge in [-0.2, -0.15) is 5.26 Å². The molecule has 88 valence electrons. The molecule has 2 rings (SSSR count). The fourth-order valence-electron chi connectivity index (χ4n) is 4.21. The molecule has 0 heterocycles. The third-order valence-corrected chi connectivity index (χ3v) is 6.85. The van der Waals surface area contributed by atoms with E-state index < -0.39 is 0 Å². The minimum Gasteiger partial charge on any atom is -0.198 e. The number of rotatable bonds is 3. The number of nitrogens with zero attached hydrogens (tertiary/aromatic N) is 2. The van der Waals surface area contributed by atoms with Crippen LogP contribution in [-0.4, -0.2) is 4.75 Å². The molecule has 0 amide bonds. The highest BCUT2D eigenvalue weighted by Crippen LogP contribution is 2.73. The monoisotopic (exact) mass is 238 g/mol. The van der Waals surface area contributed by atoms with Crippen LogP contribution in [0.15, 0.2) is 4.58 Å². The molecule has 3 nitrogen and oxygen atoms in total. The van der Waals surface area contributed by atoms with Gasteiger partial charge in [0.2, 0.25) is 0 Å². The Bertz CT molecular complexity index is 356. The SMILES string of the molecule is CC12CCC(C1)C(C)(C)C2(CC#N)SN=O. The molecule has 0 radical (unpaired) electrons. The third-order valence-electron chi connectivity index (χ3n) is 5.30. The topological polar surface area (TPSA) is 53.2 Å². The molecular formula is C12H18N2OS. The van der Waals surface area contributed by atoms with E-state index in [1.165, 1.54) is 6.42 Å². The maximum Gasteiger partial charge on any atom is 0.0648 e. The lowest BCUT2D eigenvalue weighted by Crippen LogP contribution is -2.50. The minimum absolute atomic E-state index is 0.0360. The number of nitriles is 1. The Morgan fingerprint density at radius 2 is 2.19 bits per heavy atom. The lowest BCUT2D eigenvalue weighted by Gasteiger charge is -2.50. The van der Waals surface area contributed by atoms with Crippen molar-refractivity contribution < 1.29 is 0 Å². The van der Waals surface area contributed by atoms with Crippen molar-refractivity contribution >= 4 is 11.9 Å². The van der Waals surface area contributed by atoms with Gasteiger partial charge < -0.3 is 0 Å². The largest absolute Gasteiger partial charge is 0.198 e. The van der Waals surface area contributed by atoms with Crippen molar-refractivity contribution in [3.63, 3.8) is 0 Å². The van der Waals surface area contributed by atoms with Crippen LogP contribution >= 0.6 is 11.9 Å². The van der Waals surface area contributed by atoms with Crippen molar-refractivity contribution in [3.05, 3.63) is 4.91 Å². The molecule has 2 aliphatic rings. The van der Waals surface area contributed by atoms with E-state index in [1.807, 2.05) is 0 Å². The molecule has 16 heavy (non-hydrogen) atoms. The summed E-state index contributed by atoms with van der Waals surface area (Å²) in [4.78, 5) is 10.8. The molecular weight excluding hydrogens is 220 g/mol. The maximum absolute atomic E-state index is 10.8. The molecule has 3 atom stereocenters. The Labute approximate surface area is 101 Å². The molecule has 0 aliphatic heterocycles. The van der Waals surface area contributed by atoms with E-state index in [0.29, 0.717) is 12.3 Å². The predicted molar refractivity (Wildman–Crippen MR) is 65.6 cm³/mol. The van der Waals surface area contributed by atoms with Crippen LogP contribution in [0, 0.1) is 33.0 Å². The van der Waals surface area contributed by atoms with E-state index in [4.69, 9.17) is 5.26 Å². The standard InChI is InChI=1S/C12H18N2OS/c1-10(2)9-4-5-11(3,8-9)12(10,6-7-13)16-14-15/h9H,4-6,8H2,1-3H3. The van der Waals surface area contributed by atoms with Gasteiger partial charge in [0.15, 0.2) is 0 Å². The molecule has 2 bridgehead atoms. The van der Waals surface area contributed by atoms with Crippen LogP contribution < -0.4 is 0 Å². The Balaban J connectivity index is 2.49. The van der Waals surface area contributed by atoms with Gasteiger partial charge in [0.05, 0.1) is 17.2 Å². The van der Waals surface area contributed by atoms with Crippen molar-refractivity contribution in [2.24, 2.45) is 21.3 Å². The van der Waals surface area contributed by atoms with E-state index >= 15 is 0 Å². The molecule has 2 aliphatic carbocycles. The summed E-state index contributed by atoms with van der Waals surface area (Å²) in [6.07, 6.45) is 3.94. The second kappa shape index (κ2) is 3.46. The number of hydrogen-bond acceptors (Lipinski definition) is 4. The van der Waals surface area contributed by atoms with E-state index in [0.717, 1.165) is 24.8 Å². The summed E-state index contributed by atoms with van der Waals surface area (Å²) in [6, 6.07) is 2.28. The molecule has 4 heteroatoms. The van der Waals surface area contributed by atoms with Crippen LogP contribution in [0.2, 0.25) is 0 Å². The van der Waals surface area contributed by atoms with Gasteiger partial charge in [0.25, 0.3) is 0 Å². The average molecular weight is 238 g/mol. The zero-order chi connectivity index (χ0) is 12.0. The summed E-state index contributed by atoms with van der Waals surface area (Å²) >= 11 is 1.13.